The zero-order valence-corrected chi connectivity index (χ0v) is 12.0. The summed E-state index contributed by atoms with van der Waals surface area (Å²) >= 11 is 1.69. The molecule has 0 aromatic carbocycles. The minimum Gasteiger partial charge on any atom is -0.303 e. The SMILES string of the molecule is CCN(CC)CCSc1nc(NN)nc2[nH]ncc12. The summed E-state index contributed by atoms with van der Waals surface area (Å²) < 4.78 is 0. The minimum atomic E-state index is 0.405. The second-order valence-electron chi connectivity index (χ2n) is 4.00. The van der Waals surface area contributed by atoms with Gasteiger partial charge in [0.05, 0.1) is 11.6 Å². The highest BCUT2D eigenvalue weighted by molar-refractivity contribution is 7.99. The molecule has 0 saturated heterocycles. The molecular weight excluding hydrogens is 262 g/mol. The Morgan fingerprint density at radius 2 is 2.16 bits per heavy atom. The Bertz CT molecular complexity index is 523. The number of hydrogen-bond acceptors (Lipinski definition) is 7. The van der Waals surface area contributed by atoms with Crippen molar-refractivity contribution < 1.29 is 0 Å². The lowest BCUT2D eigenvalue weighted by Gasteiger charge is -2.17. The predicted octanol–water partition coefficient (Wildman–Crippen LogP) is 1.07. The molecule has 0 spiro atoms. The van der Waals surface area contributed by atoms with Gasteiger partial charge >= 0.3 is 0 Å². The van der Waals surface area contributed by atoms with Crippen molar-refractivity contribution in [2.75, 3.05) is 30.8 Å². The van der Waals surface area contributed by atoms with Crippen LogP contribution >= 0.6 is 11.8 Å². The van der Waals surface area contributed by atoms with Crippen molar-refractivity contribution in [3.63, 3.8) is 0 Å². The summed E-state index contributed by atoms with van der Waals surface area (Å²) in [6.07, 6.45) is 1.75. The fourth-order valence-corrected chi connectivity index (χ4v) is 2.79. The first-order valence-electron chi connectivity index (χ1n) is 6.31. The second kappa shape index (κ2) is 6.69. The molecule has 0 aliphatic heterocycles. The van der Waals surface area contributed by atoms with Crippen LogP contribution in [-0.2, 0) is 0 Å². The zero-order valence-electron chi connectivity index (χ0n) is 11.2. The Hall–Kier alpha value is -1.38. The molecule has 2 aromatic heterocycles. The monoisotopic (exact) mass is 281 g/mol. The second-order valence-corrected chi connectivity index (χ2v) is 5.09. The Kier molecular flexibility index (Phi) is 4.94. The van der Waals surface area contributed by atoms with Crippen LogP contribution in [0.3, 0.4) is 0 Å². The number of thioether (sulfide) groups is 1. The molecule has 0 fully saturated rings. The first kappa shape index (κ1) is 14.0. The van der Waals surface area contributed by atoms with E-state index in [1.54, 1.807) is 18.0 Å². The molecule has 0 radical (unpaired) electrons. The fourth-order valence-electron chi connectivity index (χ4n) is 1.79. The summed E-state index contributed by atoms with van der Waals surface area (Å²) in [5.74, 6) is 6.75. The van der Waals surface area contributed by atoms with E-state index in [4.69, 9.17) is 5.84 Å². The highest BCUT2D eigenvalue weighted by Crippen LogP contribution is 2.24. The van der Waals surface area contributed by atoms with Gasteiger partial charge < -0.3 is 4.90 Å². The van der Waals surface area contributed by atoms with Crippen molar-refractivity contribution >= 4 is 28.7 Å². The molecular formula is C11H19N7S. The molecule has 4 N–H and O–H groups in total. The van der Waals surface area contributed by atoms with E-state index in [0.29, 0.717) is 11.6 Å². The molecule has 2 aromatic rings. The number of anilines is 1. The molecule has 0 bridgehead atoms. The van der Waals surface area contributed by atoms with E-state index in [1.807, 2.05) is 0 Å². The quantitative estimate of drug-likeness (QED) is 0.302. The number of nitrogens with one attached hydrogen (secondary N) is 2. The van der Waals surface area contributed by atoms with Crippen molar-refractivity contribution in [2.24, 2.45) is 5.84 Å². The van der Waals surface area contributed by atoms with Crippen LogP contribution in [0.25, 0.3) is 11.0 Å². The standard InChI is InChI=1S/C11H19N7S/c1-3-18(4-2)5-6-19-10-8-7-13-17-9(8)14-11(15-10)16-12/h7H,3-6,12H2,1-2H3,(H2,13,14,15,16,17). The average Bonchev–Trinajstić information content (AvgIpc) is 2.91. The number of nitrogen functional groups attached to an aromatic ring is 1. The Morgan fingerprint density at radius 1 is 1.37 bits per heavy atom. The van der Waals surface area contributed by atoms with Gasteiger partial charge in [0.2, 0.25) is 5.95 Å². The molecule has 104 valence electrons. The maximum Gasteiger partial charge on any atom is 0.240 e. The van der Waals surface area contributed by atoms with Gasteiger partial charge in [-0.2, -0.15) is 10.1 Å². The van der Waals surface area contributed by atoms with Crippen LogP contribution < -0.4 is 11.3 Å². The van der Waals surface area contributed by atoms with Gasteiger partial charge in [-0.05, 0) is 13.1 Å². The predicted molar refractivity (Wildman–Crippen MR) is 78.0 cm³/mol. The highest BCUT2D eigenvalue weighted by Gasteiger charge is 2.10. The fraction of sp³-hybridized carbons (Fsp3) is 0.545. The van der Waals surface area contributed by atoms with Crippen LogP contribution in [0.5, 0.6) is 0 Å². The molecule has 2 rings (SSSR count). The Morgan fingerprint density at radius 3 is 2.84 bits per heavy atom. The van der Waals surface area contributed by atoms with Gasteiger partial charge in [-0.25, -0.2) is 10.8 Å². The van der Waals surface area contributed by atoms with Crippen LogP contribution in [0.2, 0.25) is 0 Å². The van der Waals surface area contributed by atoms with E-state index in [0.717, 1.165) is 35.8 Å². The van der Waals surface area contributed by atoms with Crippen LogP contribution in [-0.4, -0.2) is 50.5 Å². The van der Waals surface area contributed by atoms with Crippen LogP contribution in [0.15, 0.2) is 11.2 Å². The maximum atomic E-state index is 5.37. The third-order valence-corrected chi connectivity index (χ3v) is 3.92. The molecule has 0 amide bonds. The molecule has 0 aliphatic carbocycles. The van der Waals surface area contributed by atoms with Gasteiger partial charge in [0.25, 0.3) is 0 Å². The Labute approximate surface area is 116 Å². The maximum absolute atomic E-state index is 5.37. The molecule has 0 unspecified atom stereocenters. The number of aromatic amines is 1. The summed E-state index contributed by atoms with van der Waals surface area (Å²) in [6, 6.07) is 0. The Balaban J connectivity index is 2.08. The third-order valence-electron chi connectivity index (χ3n) is 2.94. The first-order valence-corrected chi connectivity index (χ1v) is 7.29. The number of nitrogens with zero attached hydrogens (tertiary/aromatic N) is 4. The van der Waals surface area contributed by atoms with E-state index in [9.17, 15) is 0 Å². The molecule has 8 heteroatoms. The van der Waals surface area contributed by atoms with Gasteiger partial charge in [0.1, 0.15) is 5.03 Å². The number of hydrazine groups is 1. The highest BCUT2D eigenvalue weighted by atomic mass is 32.2. The van der Waals surface area contributed by atoms with Gasteiger partial charge in [0.15, 0.2) is 5.65 Å². The van der Waals surface area contributed by atoms with Crippen molar-refractivity contribution in [3.05, 3.63) is 6.20 Å². The molecule has 2 heterocycles. The summed E-state index contributed by atoms with van der Waals surface area (Å²) in [6.45, 7) is 7.51. The average molecular weight is 281 g/mol. The number of nitrogens with two attached hydrogens (primary N) is 1. The van der Waals surface area contributed by atoms with E-state index < -0.39 is 0 Å². The van der Waals surface area contributed by atoms with E-state index in [2.05, 4.69) is 44.3 Å². The van der Waals surface area contributed by atoms with E-state index in [-0.39, 0.29) is 0 Å². The molecule has 0 aliphatic rings. The number of rotatable bonds is 7. The molecule has 19 heavy (non-hydrogen) atoms. The lowest BCUT2D eigenvalue weighted by Crippen LogP contribution is -2.25. The van der Waals surface area contributed by atoms with Crippen molar-refractivity contribution in [3.8, 4) is 0 Å². The molecule has 0 atom stereocenters. The van der Waals surface area contributed by atoms with E-state index >= 15 is 0 Å². The normalized spacial score (nSPS) is 11.4. The smallest absolute Gasteiger partial charge is 0.240 e. The van der Waals surface area contributed by atoms with Gasteiger partial charge in [-0.3, -0.25) is 10.5 Å². The van der Waals surface area contributed by atoms with Gasteiger partial charge in [0, 0.05) is 12.3 Å². The summed E-state index contributed by atoms with van der Waals surface area (Å²) in [7, 11) is 0. The number of hydrogen-bond donors (Lipinski definition) is 3. The van der Waals surface area contributed by atoms with Crippen LogP contribution in [0, 0.1) is 0 Å². The van der Waals surface area contributed by atoms with Gasteiger partial charge in [-0.15, -0.1) is 11.8 Å². The first-order chi connectivity index (χ1) is 9.28. The number of aromatic nitrogens is 4. The number of H-pyrrole nitrogens is 1. The molecule has 0 saturated carbocycles. The lowest BCUT2D eigenvalue weighted by molar-refractivity contribution is 0.324. The van der Waals surface area contributed by atoms with E-state index in [1.165, 1.54) is 0 Å². The van der Waals surface area contributed by atoms with Crippen LogP contribution in [0.4, 0.5) is 5.95 Å². The molecule has 7 nitrogen and oxygen atoms in total. The van der Waals surface area contributed by atoms with Crippen molar-refractivity contribution in [1.82, 2.24) is 25.1 Å². The minimum absolute atomic E-state index is 0.405. The summed E-state index contributed by atoms with van der Waals surface area (Å²) in [5.41, 5.74) is 3.18. The topological polar surface area (TPSA) is 95.8 Å². The zero-order chi connectivity index (χ0) is 13.7. The van der Waals surface area contributed by atoms with Crippen LogP contribution in [0.1, 0.15) is 13.8 Å². The van der Waals surface area contributed by atoms with Gasteiger partial charge in [-0.1, -0.05) is 13.8 Å². The number of fused-ring (bicyclic) bond motifs is 1. The largest absolute Gasteiger partial charge is 0.303 e. The van der Waals surface area contributed by atoms with Crippen molar-refractivity contribution in [1.29, 1.82) is 0 Å². The summed E-state index contributed by atoms with van der Waals surface area (Å²) in [4.78, 5) is 11.0. The summed E-state index contributed by atoms with van der Waals surface area (Å²) in [5, 5.41) is 8.66. The van der Waals surface area contributed by atoms with Crippen molar-refractivity contribution in [2.45, 2.75) is 18.9 Å². The lowest BCUT2D eigenvalue weighted by atomic mass is 10.4. The third kappa shape index (κ3) is 3.34.